The first-order valence-electron chi connectivity index (χ1n) is 9.95. The molecule has 0 aliphatic carbocycles. The lowest BCUT2D eigenvalue weighted by atomic mass is 9.80. The van der Waals surface area contributed by atoms with Gasteiger partial charge < -0.3 is 19.7 Å². The summed E-state index contributed by atoms with van der Waals surface area (Å²) in [6, 6.07) is 11.1. The molecule has 2 saturated heterocycles. The number of fused-ring (bicyclic) bond motifs is 1. The van der Waals surface area contributed by atoms with Gasteiger partial charge in [0.25, 0.3) is 0 Å². The van der Waals surface area contributed by atoms with E-state index in [-0.39, 0.29) is 5.60 Å². The van der Waals surface area contributed by atoms with E-state index in [0.717, 1.165) is 63.7 Å². The zero-order chi connectivity index (χ0) is 18.1. The minimum absolute atomic E-state index is 0.114. The highest BCUT2D eigenvalue weighted by atomic mass is 16.5. The van der Waals surface area contributed by atoms with Crippen molar-refractivity contribution in [1.82, 2.24) is 15.3 Å². The van der Waals surface area contributed by atoms with Gasteiger partial charge in [0, 0.05) is 69.0 Å². The zero-order valence-corrected chi connectivity index (χ0v) is 15.5. The minimum Gasteiger partial charge on any atom is -0.487 e. The highest BCUT2D eigenvalue weighted by molar-refractivity contribution is 5.40. The van der Waals surface area contributed by atoms with E-state index in [2.05, 4.69) is 44.5 Å². The summed E-state index contributed by atoms with van der Waals surface area (Å²) in [5, 5.41) is 3.85. The monoisotopic (exact) mass is 366 g/mol. The largest absolute Gasteiger partial charge is 0.487 e. The van der Waals surface area contributed by atoms with Gasteiger partial charge in [0.1, 0.15) is 11.4 Å². The number of hydrogen-bond donors (Lipinski definition) is 1. The van der Waals surface area contributed by atoms with Crippen LogP contribution in [0, 0.1) is 0 Å². The number of anilines is 1. The predicted molar refractivity (Wildman–Crippen MR) is 103 cm³/mol. The highest BCUT2D eigenvalue weighted by Gasteiger charge is 2.44. The van der Waals surface area contributed by atoms with Gasteiger partial charge in [0.2, 0.25) is 5.95 Å². The van der Waals surface area contributed by atoms with Gasteiger partial charge in [-0.25, -0.2) is 9.97 Å². The molecular weight excluding hydrogens is 340 g/mol. The van der Waals surface area contributed by atoms with Crippen LogP contribution in [0.2, 0.25) is 0 Å². The van der Waals surface area contributed by atoms with Crippen LogP contribution in [0.5, 0.6) is 5.75 Å². The number of para-hydroxylation sites is 1. The first-order valence-corrected chi connectivity index (χ1v) is 9.95. The third-order valence-electron chi connectivity index (χ3n) is 6.07. The molecule has 27 heavy (non-hydrogen) atoms. The van der Waals surface area contributed by atoms with Gasteiger partial charge in [-0.15, -0.1) is 0 Å². The van der Waals surface area contributed by atoms with Crippen LogP contribution < -0.4 is 15.0 Å². The minimum atomic E-state index is -0.114. The van der Waals surface area contributed by atoms with E-state index in [0.29, 0.717) is 12.1 Å². The molecule has 1 spiro atoms. The van der Waals surface area contributed by atoms with Crippen LogP contribution in [0.4, 0.5) is 5.95 Å². The van der Waals surface area contributed by atoms with Crippen LogP contribution in [0.15, 0.2) is 42.7 Å². The first-order chi connectivity index (χ1) is 13.3. The van der Waals surface area contributed by atoms with E-state index in [1.807, 2.05) is 18.5 Å². The number of nitrogens with zero attached hydrogens (tertiary/aromatic N) is 3. The van der Waals surface area contributed by atoms with Gasteiger partial charge in [-0.3, -0.25) is 0 Å². The third-order valence-corrected chi connectivity index (χ3v) is 6.07. The van der Waals surface area contributed by atoms with Crippen LogP contribution >= 0.6 is 0 Å². The second kappa shape index (κ2) is 7.09. The van der Waals surface area contributed by atoms with E-state index in [1.165, 1.54) is 5.56 Å². The summed E-state index contributed by atoms with van der Waals surface area (Å²) in [4.78, 5) is 11.1. The maximum atomic E-state index is 6.60. The van der Waals surface area contributed by atoms with E-state index >= 15 is 0 Å². The lowest BCUT2D eigenvalue weighted by Gasteiger charge is -2.47. The molecule has 2 unspecified atom stereocenters. The summed E-state index contributed by atoms with van der Waals surface area (Å²) in [6.45, 7) is 3.52. The Balaban J connectivity index is 1.34. The topological polar surface area (TPSA) is 59.5 Å². The van der Waals surface area contributed by atoms with E-state index in [1.54, 1.807) is 0 Å². The Hall–Kier alpha value is -2.18. The predicted octanol–water partition coefficient (Wildman–Crippen LogP) is 2.72. The molecule has 1 aromatic heterocycles. The molecular formula is C21H26N4O2. The normalized spacial score (nSPS) is 26.6. The van der Waals surface area contributed by atoms with Crippen LogP contribution in [0.1, 0.15) is 37.3 Å². The number of hydrogen-bond acceptors (Lipinski definition) is 6. The number of aromatic nitrogens is 2. The van der Waals surface area contributed by atoms with Crippen molar-refractivity contribution in [2.75, 3.05) is 31.2 Å². The molecule has 0 radical (unpaired) electrons. The van der Waals surface area contributed by atoms with Crippen molar-refractivity contribution < 1.29 is 9.47 Å². The Kier molecular flexibility index (Phi) is 4.45. The second-order valence-corrected chi connectivity index (χ2v) is 7.84. The van der Waals surface area contributed by atoms with Gasteiger partial charge in [-0.05, 0) is 18.6 Å². The third kappa shape index (κ3) is 3.39. The Bertz CT molecular complexity index is 771. The molecule has 6 heteroatoms. The number of benzene rings is 1. The quantitative estimate of drug-likeness (QED) is 0.901. The van der Waals surface area contributed by atoms with Gasteiger partial charge in [0.05, 0.1) is 6.61 Å². The summed E-state index contributed by atoms with van der Waals surface area (Å²) in [7, 11) is 0. The summed E-state index contributed by atoms with van der Waals surface area (Å²) < 4.78 is 12.2. The fourth-order valence-corrected chi connectivity index (χ4v) is 4.59. The average Bonchev–Trinajstić information content (AvgIpc) is 3.22. The molecule has 1 aromatic carbocycles. The van der Waals surface area contributed by atoms with Crippen molar-refractivity contribution in [3.63, 3.8) is 0 Å². The Morgan fingerprint density at radius 2 is 1.89 bits per heavy atom. The van der Waals surface area contributed by atoms with Crippen LogP contribution in [0.25, 0.3) is 0 Å². The van der Waals surface area contributed by atoms with Crippen LogP contribution in [-0.2, 0) is 4.74 Å². The van der Waals surface area contributed by atoms with Crippen molar-refractivity contribution in [3.05, 3.63) is 48.3 Å². The molecule has 3 aliphatic heterocycles. The summed E-state index contributed by atoms with van der Waals surface area (Å²) in [5.74, 6) is 1.85. The SMILES string of the molecule is c1cnc(N2CCC3(CC2)CC(NC2CCOC2)c2ccccc2O3)nc1. The fourth-order valence-electron chi connectivity index (χ4n) is 4.59. The van der Waals surface area contributed by atoms with E-state index in [4.69, 9.17) is 9.47 Å². The molecule has 6 nitrogen and oxygen atoms in total. The van der Waals surface area contributed by atoms with Crippen molar-refractivity contribution >= 4 is 5.95 Å². The molecule has 0 amide bonds. The Labute approximate surface area is 159 Å². The number of piperidine rings is 1. The van der Waals surface area contributed by atoms with Crippen LogP contribution in [-0.4, -0.2) is 47.9 Å². The lowest BCUT2D eigenvalue weighted by Crippen LogP contribution is -2.53. The van der Waals surface area contributed by atoms with Gasteiger partial charge in [0.15, 0.2) is 0 Å². The van der Waals surface area contributed by atoms with Crippen LogP contribution in [0.3, 0.4) is 0 Å². The zero-order valence-electron chi connectivity index (χ0n) is 15.5. The molecule has 0 saturated carbocycles. The molecule has 4 heterocycles. The molecule has 5 rings (SSSR count). The van der Waals surface area contributed by atoms with Crippen molar-refractivity contribution in [2.24, 2.45) is 0 Å². The molecule has 2 atom stereocenters. The van der Waals surface area contributed by atoms with Crippen molar-refractivity contribution in [2.45, 2.75) is 43.4 Å². The highest BCUT2D eigenvalue weighted by Crippen LogP contribution is 2.44. The van der Waals surface area contributed by atoms with Gasteiger partial charge in [-0.1, -0.05) is 18.2 Å². The number of nitrogens with one attached hydrogen (secondary N) is 1. The van der Waals surface area contributed by atoms with Crippen molar-refractivity contribution in [1.29, 1.82) is 0 Å². The smallest absolute Gasteiger partial charge is 0.225 e. The van der Waals surface area contributed by atoms with Gasteiger partial charge in [-0.2, -0.15) is 0 Å². The van der Waals surface area contributed by atoms with Gasteiger partial charge >= 0.3 is 0 Å². The Morgan fingerprint density at radius 3 is 2.67 bits per heavy atom. The molecule has 2 aromatic rings. The Morgan fingerprint density at radius 1 is 1.07 bits per heavy atom. The standard InChI is InChI=1S/C21H26N4O2/c1-2-5-19-17(4-1)18(24-16-6-13-26-15-16)14-21(27-19)7-11-25(12-8-21)20-22-9-3-10-23-20/h1-5,9-10,16,18,24H,6-8,11-15H2. The molecule has 1 N–H and O–H groups in total. The first kappa shape index (κ1) is 17.0. The maximum absolute atomic E-state index is 6.60. The van der Waals surface area contributed by atoms with E-state index < -0.39 is 0 Å². The lowest BCUT2D eigenvalue weighted by molar-refractivity contribution is 0.00631. The fraction of sp³-hybridized carbons (Fsp3) is 0.524. The summed E-state index contributed by atoms with van der Waals surface area (Å²) in [5.41, 5.74) is 1.17. The molecule has 3 aliphatic rings. The second-order valence-electron chi connectivity index (χ2n) is 7.84. The van der Waals surface area contributed by atoms with Crippen molar-refractivity contribution in [3.8, 4) is 5.75 Å². The molecule has 142 valence electrons. The molecule has 2 fully saturated rings. The number of rotatable bonds is 3. The average molecular weight is 366 g/mol. The maximum Gasteiger partial charge on any atom is 0.225 e. The summed E-state index contributed by atoms with van der Waals surface area (Å²) >= 11 is 0. The summed E-state index contributed by atoms with van der Waals surface area (Å²) in [6.07, 6.45) is 7.68. The number of ether oxygens (including phenoxy) is 2. The van der Waals surface area contributed by atoms with E-state index in [9.17, 15) is 0 Å². The molecule has 0 bridgehead atoms.